The van der Waals surface area contributed by atoms with Gasteiger partial charge in [0.05, 0.1) is 4.92 Å². The number of para-hydroxylation sites is 1. The first-order chi connectivity index (χ1) is 13.3. The van der Waals surface area contributed by atoms with Gasteiger partial charge < -0.3 is 8.92 Å². The van der Waals surface area contributed by atoms with Gasteiger partial charge in [0.15, 0.2) is 5.15 Å². The summed E-state index contributed by atoms with van der Waals surface area (Å²) in [7, 11) is -4.33. The summed E-state index contributed by atoms with van der Waals surface area (Å²) in [4.78, 5) is 9.79. The molecule has 1 heterocycles. The number of nitro benzene ring substituents is 1. The third-order valence-electron chi connectivity index (χ3n) is 3.53. The molecule has 0 fully saturated rings. The van der Waals surface area contributed by atoms with Crippen molar-refractivity contribution < 1.29 is 22.3 Å². The molecule has 11 heteroatoms. The van der Waals surface area contributed by atoms with E-state index in [0.717, 1.165) is 35.9 Å². The topological polar surface area (TPSA) is 122 Å². The fraction of sp³-hybridized carbons (Fsp3) is 0.0588. The number of non-ortho nitro benzene ring substituents is 1. The van der Waals surface area contributed by atoms with Crippen LogP contribution in [0.15, 0.2) is 59.5 Å². The van der Waals surface area contributed by atoms with Gasteiger partial charge in [-0.1, -0.05) is 29.8 Å². The molecule has 2 aromatic carbocycles. The first-order valence-corrected chi connectivity index (χ1v) is 9.50. The summed E-state index contributed by atoms with van der Waals surface area (Å²) in [6, 6.07) is 12.4. The van der Waals surface area contributed by atoms with Gasteiger partial charge in [0.1, 0.15) is 10.6 Å². The lowest BCUT2D eigenvalue weighted by molar-refractivity contribution is -0.384. The van der Waals surface area contributed by atoms with E-state index in [4.69, 9.17) is 20.5 Å². The molecule has 144 valence electrons. The number of hydrogen-bond donors (Lipinski definition) is 0. The highest BCUT2D eigenvalue weighted by Crippen LogP contribution is 2.33. The number of nitrogens with zero attached hydrogens (tertiary/aromatic N) is 3. The second-order valence-electron chi connectivity index (χ2n) is 5.49. The molecule has 0 aliphatic carbocycles. The zero-order chi connectivity index (χ0) is 20.3. The Morgan fingerprint density at radius 3 is 2.36 bits per heavy atom. The summed E-state index contributed by atoms with van der Waals surface area (Å²) >= 11 is 5.80. The standard InChI is InChI=1S/C17H12ClN3O6S/c1-11-4-2-3-5-14(11)26-17-15(10-16(18)19-20-17)27-28(24,25)13-8-6-12(7-9-13)21(22)23/h2-10H,1H3. The molecule has 9 nitrogen and oxygen atoms in total. The van der Waals surface area contributed by atoms with Crippen LogP contribution in [-0.2, 0) is 10.1 Å². The average molecular weight is 422 g/mol. The number of hydrogen-bond acceptors (Lipinski definition) is 8. The second kappa shape index (κ2) is 7.79. The highest BCUT2D eigenvalue weighted by molar-refractivity contribution is 7.87. The molecule has 0 spiro atoms. The molecule has 0 amide bonds. The van der Waals surface area contributed by atoms with E-state index in [-0.39, 0.29) is 27.4 Å². The minimum atomic E-state index is -4.33. The lowest BCUT2D eigenvalue weighted by Crippen LogP contribution is -2.11. The Hall–Kier alpha value is -3.24. The zero-order valence-corrected chi connectivity index (χ0v) is 15.8. The van der Waals surface area contributed by atoms with Crippen molar-refractivity contribution in [2.75, 3.05) is 0 Å². The number of benzene rings is 2. The number of aromatic nitrogens is 2. The van der Waals surface area contributed by atoms with Crippen molar-refractivity contribution in [2.24, 2.45) is 0 Å². The monoisotopic (exact) mass is 421 g/mol. The predicted octanol–water partition coefficient (Wildman–Crippen LogP) is 3.91. The molecular weight excluding hydrogens is 410 g/mol. The van der Waals surface area contributed by atoms with Gasteiger partial charge in [0, 0.05) is 18.2 Å². The van der Waals surface area contributed by atoms with Gasteiger partial charge in [0.25, 0.3) is 11.6 Å². The first-order valence-electron chi connectivity index (χ1n) is 7.72. The summed E-state index contributed by atoms with van der Waals surface area (Å²) in [5.41, 5.74) is 0.527. The van der Waals surface area contributed by atoms with Crippen LogP contribution in [0.5, 0.6) is 17.4 Å². The minimum absolute atomic E-state index is 0.106. The maximum absolute atomic E-state index is 12.5. The zero-order valence-electron chi connectivity index (χ0n) is 14.3. The van der Waals surface area contributed by atoms with Crippen LogP contribution in [0, 0.1) is 17.0 Å². The smallest absolute Gasteiger partial charge is 0.339 e. The fourth-order valence-corrected chi connectivity index (χ4v) is 3.21. The minimum Gasteiger partial charge on any atom is -0.435 e. The van der Waals surface area contributed by atoms with Crippen LogP contribution in [-0.4, -0.2) is 23.5 Å². The van der Waals surface area contributed by atoms with Gasteiger partial charge in [-0.3, -0.25) is 10.1 Å². The van der Waals surface area contributed by atoms with E-state index in [1.165, 1.54) is 0 Å². The Morgan fingerprint density at radius 1 is 1.04 bits per heavy atom. The molecule has 0 atom stereocenters. The number of ether oxygens (including phenoxy) is 1. The van der Waals surface area contributed by atoms with Crippen LogP contribution in [0.4, 0.5) is 5.69 Å². The molecule has 0 radical (unpaired) electrons. The van der Waals surface area contributed by atoms with Crippen molar-refractivity contribution in [2.45, 2.75) is 11.8 Å². The Morgan fingerprint density at radius 2 is 1.71 bits per heavy atom. The highest BCUT2D eigenvalue weighted by atomic mass is 35.5. The molecule has 0 bridgehead atoms. The van der Waals surface area contributed by atoms with Gasteiger partial charge in [0.2, 0.25) is 5.75 Å². The third kappa shape index (κ3) is 4.35. The van der Waals surface area contributed by atoms with E-state index < -0.39 is 15.0 Å². The SMILES string of the molecule is Cc1ccccc1Oc1nnc(Cl)cc1OS(=O)(=O)c1ccc([N+](=O)[O-])cc1. The van der Waals surface area contributed by atoms with E-state index in [0.29, 0.717) is 5.75 Å². The van der Waals surface area contributed by atoms with Crippen molar-refractivity contribution in [3.8, 4) is 17.4 Å². The van der Waals surface area contributed by atoms with Gasteiger partial charge in [-0.15, -0.1) is 10.2 Å². The van der Waals surface area contributed by atoms with E-state index in [1.54, 1.807) is 25.1 Å². The third-order valence-corrected chi connectivity index (χ3v) is 4.97. The van der Waals surface area contributed by atoms with E-state index in [2.05, 4.69) is 10.2 Å². The fourth-order valence-electron chi connectivity index (χ4n) is 2.15. The van der Waals surface area contributed by atoms with Gasteiger partial charge in [-0.05, 0) is 30.7 Å². The van der Waals surface area contributed by atoms with Gasteiger partial charge in [-0.2, -0.15) is 8.42 Å². The van der Waals surface area contributed by atoms with Crippen molar-refractivity contribution in [3.05, 3.63) is 75.4 Å². The average Bonchev–Trinajstić information content (AvgIpc) is 2.65. The van der Waals surface area contributed by atoms with E-state index >= 15 is 0 Å². The lowest BCUT2D eigenvalue weighted by atomic mass is 10.2. The largest absolute Gasteiger partial charge is 0.435 e. The number of halogens is 1. The maximum atomic E-state index is 12.5. The summed E-state index contributed by atoms with van der Waals surface area (Å²) in [5.74, 6) is -0.0532. The summed E-state index contributed by atoms with van der Waals surface area (Å²) in [5, 5.41) is 18.0. The second-order valence-corrected chi connectivity index (χ2v) is 7.43. The molecule has 0 aliphatic rings. The van der Waals surface area contributed by atoms with Crippen molar-refractivity contribution in [1.29, 1.82) is 0 Å². The molecule has 3 rings (SSSR count). The van der Waals surface area contributed by atoms with E-state index in [1.807, 2.05) is 6.07 Å². The van der Waals surface area contributed by atoms with Gasteiger partial charge in [-0.25, -0.2) is 0 Å². The first kappa shape index (κ1) is 19.5. The van der Waals surface area contributed by atoms with Crippen LogP contribution < -0.4 is 8.92 Å². The summed E-state index contributed by atoms with van der Waals surface area (Å²) < 4.78 is 35.8. The molecule has 0 aliphatic heterocycles. The molecular formula is C17H12ClN3O6S. The van der Waals surface area contributed by atoms with E-state index in [9.17, 15) is 18.5 Å². The van der Waals surface area contributed by atoms with Crippen LogP contribution in [0.25, 0.3) is 0 Å². The summed E-state index contributed by atoms with van der Waals surface area (Å²) in [6.45, 7) is 1.80. The van der Waals surface area contributed by atoms with Crippen molar-refractivity contribution in [3.63, 3.8) is 0 Å². The predicted molar refractivity (Wildman–Crippen MR) is 99.2 cm³/mol. The van der Waals surface area contributed by atoms with Crippen LogP contribution in [0.1, 0.15) is 5.56 Å². The molecule has 0 unspecified atom stereocenters. The normalized spacial score (nSPS) is 11.1. The number of nitro groups is 1. The maximum Gasteiger partial charge on any atom is 0.339 e. The molecule has 28 heavy (non-hydrogen) atoms. The molecule has 0 saturated carbocycles. The van der Waals surface area contributed by atoms with Crippen molar-refractivity contribution in [1.82, 2.24) is 10.2 Å². The highest BCUT2D eigenvalue weighted by Gasteiger charge is 2.22. The Labute approximate surface area is 164 Å². The molecule has 0 saturated heterocycles. The number of rotatable bonds is 6. The number of aryl methyl sites for hydroxylation is 1. The Balaban J connectivity index is 1.93. The van der Waals surface area contributed by atoms with Crippen LogP contribution in [0.3, 0.4) is 0 Å². The molecule has 1 aromatic heterocycles. The van der Waals surface area contributed by atoms with Gasteiger partial charge >= 0.3 is 10.1 Å². The molecule has 0 N–H and O–H groups in total. The molecule has 3 aromatic rings. The van der Waals surface area contributed by atoms with Crippen LogP contribution in [0.2, 0.25) is 5.15 Å². The van der Waals surface area contributed by atoms with Crippen LogP contribution >= 0.6 is 11.6 Å². The summed E-state index contributed by atoms with van der Waals surface area (Å²) in [6.07, 6.45) is 0. The quantitative estimate of drug-likeness (QED) is 0.333. The Kier molecular flexibility index (Phi) is 5.43. The van der Waals surface area contributed by atoms with Crippen molar-refractivity contribution >= 4 is 27.4 Å². The lowest BCUT2D eigenvalue weighted by Gasteiger charge is -2.12. The Bertz CT molecular complexity index is 1140.